The Hall–Kier alpha value is -3.52. The molecule has 7 nitrogen and oxygen atoms in total. The van der Waals surface area contributed by atoms with Crippen molar-refractivity contribution in [2.45, 2.75) is 0 Å². The minimum Gasteiger partial charge on any atom is -0.464 e. The molecule has 3 aromatic rings. The van der Waals surface area contributed by atoms with Gasteiger partial charge in [0.1, 0.15) is 11.4 Å². The summed E-state index contributed by atoms with van der Waals surface area (Å²) >= 11 is 1.34. The quantitative estimate of drug-likeness (QED) is 0.660. The molecule has 27 heavy (non-hydrogen) atoms. The maximum absolute atomic E-state index is 12.4. The van der Waals surface area contributed by atoms with Gasteiger partial charge < -0.3 is 15.4 Å². The molecule has 2 heterocycles. The van der Waals surface area contributed by atoms with E-state index in [0.717, 1.165) is 0 Å². The monoisotopic (exact) mass is 381 g/mol. The van der Waals surface area contributed by atoms with E-state index in [1.807, 2.05) is 5.38 Å². The Morgan fingerprint density at radius 2 is 1.56 bits per heavy atom. The zero-order valence-electron chi connectivity index (χ0n) is 14.3. The molecule has 2 N–H and O–H groups in total. The summed E-state index contributed by atoms with van der Waals surface area (Å²) in [7, 11) is 1.24. The maximum atomic E-state index is 12.4. The van der Waals surface area contributed by atoms with E-state index in [2.05, 4.69) is 20.4 Å². The first-order chi connectivity index (χ1) is 13.1. The lowest BCUT2D eigenvalue weighted by Crippen LogP contribution is -2.16. The van der Waals surface area contributed by atoms with Gasteiger partial charge in [0.05, 0.1) is 12.0 Å². The van der Waals surface area contributed by atoms with Crippen LogP contribution in [0.3, 0.4) is 0 Å². The van der Waals surface area contributed by atoms with E-state index in [9.17, 15) is 14.4 Å². The first kappa shape index (κ1) is 18.3. The molecule has 3 rings (SSSR count). The molecule has 2 amide bonds. The Morgan fingerprint density at radius 3 is 2.22 bits per heavy atom. The van der Waals surface area contributed by atoms with Gasteiger partial charge >= 0.3 is 5.97 Å². The van der Waals surface area contributed by atoms with E-state index in [1.54, 1.807) is 42.5 Å². The molecule has 2 aromatic heterocycles. The molecular weight excluding hydrogens is 366 g/mol. The van der Waals surface area contributed by atoms with Crippen molar-refractivity contribution in [1.29, 1.82) is 0 Å². The Morgan fingerprint density at radius 1 is 0.889 bits per heavy atom. The summed E-state index contributed by atoms with van der Waals surface area (Å²) in [6.45, 7) is 0. The van der Waals surface area contributed by atoms with Crippen LogP contribution >= 0.6 is 11.3 Å². The molecule has 0 unspecified atom stereocenters. The number of pyridine rings is 1. The average Bonchev–Trinajstić information content (AvgIpc) is 3.23. The number of carbonyl (C=O) groups excluding carboxylic acids is 3. The summed E-state index contributed by atoms with van der Waals surface area (Å²) in [4.78, 5) is 40.6. The van der Waals surface area contributed by atoms with E-state index >= 15 is 0 Å². The van der Waals surface area contributed by atoms with Gasteiger partial charge in [0.2, 0.25) is 0 Å². The number of nitrogens with one attached hydrogen (secondary N) is 2. The number of anilines is 2. The first-order valence-corrected chi connectivity index (χ1v) is 8.76. The van der Waals surface area contributed by atoms with Crippen LogP contribution in [0.2, 0.25) is 0 Å². The zero-order chi connectivity index (χ0) is 19.2. The van der Waals surface area contributed by atoms with Crippen molar-refractivity contribution in [2.75, 3.05) is 17.7 Å². The highest BCUT2D eigenvalue weighted by Gasteiger charge is 2.13. The second-order valence-electron chi connectivity index (χ2n) is 5.37. The second kappa shape index (κ2) is 8.24. The zero-order valence-corrected chi connectivity index (χ0v) is 15.1. The smallest absolute Gasteiger partial charge is 0.356 e. The molecule has 0 spiro atoms. The third kappa shape index (κ3) is 4.56. The molecule has 0 aliphatic rings. The number of carbonyl (C=O) groups is 3. The standard InChI is InChI=1S/C19H15N3O4S/c1-26-19(25)15-8-3-7-14(22-15)17(23)20-12-5-2-6-13(11-12)21-18(24)16-9-4-10-27-16/h2-11H,1H3,(H,20,23)(H,21,24). The molecule has 1 aromatic carbocycles. The van der Waals surface area contributed by atoms with Crippen LogP contribution in [0, 0.1) is 0 Å². The van der Waals surface area contributed by atoms with Gasteiger partial charge in [-0.15, -0.1) is 11.3 Å². The fourth-order valence-electron chi connectivity index (χ4n) is 2.25. The molecule has 8 heteroatoms. The van der Waals surface area contributed by atoms with Crippen molar-refractivity contribution >= 4 is 40.5 Å². The summed E-state index contributed by atoms with van der Waals surface area (Å²) in [6, 6.07) is 14.8. The largest absolute Gasteiger partial charge is 0.464 e. The number of rotatable bonds is 5. The normalized spacial score (nSPS) is 10.1. The van der Waals surface area contributed by atoms with Crippen LogP contribution in [0.5, 0.6) is 0 Å². The molecule has 0 fully saturated rings. The van der Waals surface area contributed by atoms with Gasteiger partial charge in [0.25, 0.3) is 11.8 Å². The minimum atomic E-state index is -0.622. The van der Waals surface area contributed by atoms with Crippen LogP contribution in [0.15, 0.2) is 60.0 Å². The molecule has 136 valence electrons. The maximum Gasteiger partial charge on any atom is 0.356 e. The molecule has 0 aliphatic heterocycles. The summed E-state index contributed by atoms with van der Waals surface area (Å²) in [5, 5.41) is 7.28. The topological polar surface area (TPSA) is 97.4 Å². The van der Waals surface area contributed by atoms with Gasteiger partial charge in [0, 0.05) is 11.4 Å². The van der Waals surface area contributed by atoms with E-state index < -0.39 is 11.9 Å². The highest BCUT2D eigenvalue weighted by atomic mass is 32.1. The molecule has 0 radical (unpaired) electrons. The molecule has 0 bridgehead atoms. The van der Waals surface area contributed by atoms with E-state index in [4.69, 9.17) is 0 Å². The fourth-order valence-corrected chi connectivity index (χ4v) is 2.87. The van der Waals surface area contributed by atoms with E-state index in [1.165, 1.54) is 30.6 Å². The number of hydrogen-bond acceptors (Lipinski definition) is 6. The molecule has 0 saturated carbocycles. The molecule has 0 aliphatic carbocycles. The number of methoxy groups -OCH3 is 1. The number of amides is 2. The number of thiophene rings is 1. The van der Waals surface area contributed by atoms with Crippen molar-refractivity contribution in [3.8, 4) is 0 Å². The SMILES string of the molecule is COC(=O)c1cccc(C(=O)Nc2cccc(NC(=O)c3cccs3)c2)n1. The number of esters is 1. The second-order valence-corrected chi connectivity index (χ2v) is 6.31. The minimum absolute atomic E-state index is 0.0436. The van der Waals surface area contributed by atoms with Gasteiger partial charge in [-0.1, -0.05) is 18.2 Å². The van der Waals surface area contributed by atoms with Gasteiger partial charge in [-0.2, -0.15) is 0 Å². The van der Waals surface area contributed by atoms with Crippen LogP contribution in [0.1, 0.15) is 30.6 Å². The van der Waals surface area contributed by atoms with Crippen LogP contribution in [-0.2, 0) is 4.74 Å². The van der Waals surface area contributed by atoms with Crippen molar-refractivity contribution in [1.82, 2.24) is 4.98 Å². The van der Waals surface area contributed by atoms with Crippen molar-refractivity contribution in [3.05, 3.63) is 76.2 Å². The van der Waals surface area contributed by atoms with Crippen LogP contribution in [0.4, 0.5) is 11.4 Å². The fraction of sp³-hybridized carbons (Fsp3) is 0.0526. The third-order valence-electron chi connectivity index (χ3n) is 3.50. The summed E-state index contributed by atoms with van der Waals surface area (Å²) in [6.07, 6.45) is 0. The van der Waals surface area contributed by atoms with Gasteiger partial charge in [0.15, 0.2) is 0 Å². The summed E-state index contributed by atoms with van der Waals surface area (Å²) < 4.78 is 4.60. The van der Waals surface area contributed by atoms with Crippen molar-refractivity contribution in [3.63, 3.8) is 0 Å². The number of benzene rings is 1. The number of ether oxygens (including phenoxy) is 1. The number of hydrogen-bond donors (Lipinski definition) is 2. The molecular formula is C19H15N3O4S. The Bertz CT molecular complexity index is 986. The molecule has 0 saturated heterocycles. The lowest BCUT2D eigenvalue weighted by molar-refractivity contribution is 0.0594. The van der Waals surface area contributed by atoms with Gasteiger partial charge in [-0.3, -0.25) is 9.59 Å². The Balaban J connectivity index is 1.71. The summed E-state index contributed by atoms with van der Waals surface area (Å²) in [5.74, 6) is -1.33. The van der Waals surface area contributed by atoms with Crippen molar-refractivity contribution in [2.24, 2.45) is 0 Å². The van der Waals surface area contributed by atoms with Crippen LogP contribution in [-0.4, -0.2) is 29.9 Å². The lowest BCUT2D eigenvalue weighted by Gasteiger charge is -2.08. The van der Waals surface area contributed by atoms with Crippen molar-refractivity contribution < 1.29 is 19.1 Å². The average molecular weight is 381 g/mol. The predicted molar refractivity (Wildman–Crippen MR) is 102 cm³/mol. The highest BCUT2D eigenvalue weighted by Crippen LogP contribution is 2.18. The third-order valence-corrected chi connectivity index (χ3v) is 4.37. The molecule has 0 atom stereocenters. The Labute approximate surface area is 159 Å². The predicted octanol–water partition coefficient (Wildman–Crippen LogP) is 3.43. The first-order valence-electron chi connectivity index (χ1n) is 7.88. The summed E-state index contributed by atoms with van der Waals surface area (Å²) in [5.41, 5.74) is 1.14. The van der Waals surface area contributed by atoms with E-state index in [-0.39, 0.29) is 17.3 Å². The lowest BCUT2D eigenvalue weighted by atomic mass is 10.2. The van der Waals surface area contributed by atoms with Crippen LogP contribution in [0.25, 0.3) is 0 Å². The van der Waals surface area contributed by atoms with Gasteiger partial charge in [-0.05, 0) is 41.8 Å². The highest BCUT2D eigenvalue weighted by molar-refractivity contribution is 7.12. The Kier molecular flexibility index (Phi) is 5.58. The number of nitrogens with zero attached hydrogens (tertiary/aromatic N) is 1. The van der Waals surface area contributed by atoms with Gasteiger partial charge in [-0.25, -0.2) is 9.78 Å². The number of aromatic nitrogens is 1. The van der Waals surface area contributed by atoms with Crippen LogP contribution < -0.4 is 10.6 Å². The van der Waals surface area contributed by atoms with E-state index in [0.29, 0.717) is 16.3 Å².